The zero-order valence-electron chi connectivity index (χ0n) is 10.7. The molecular weight excluding hydrogens is 273 g/mol. The van der Waals surface area contributed by atoms with Gasteiger partial charge in [0.05, 0.1) is 17.2 Å². The molecule has 0 radical (unpaired) electrons. The van der Waals surface area contributed by atoms with Crippen LogP contribution in [0.15, 0.2) is 18.2 Å². The van der Waals surface area contributed by atoms with Crippen molar-refractivity contribution in [3.8, 4) is 0 Å². The molecule has 1 unspecified atom stereocenters. The van der Waals surface area contributed by atoms with Crippen LogP contribution in [-0.4, -0.2) is 30.3 Å². The Morgan fingerprint density at radius 2 is 2.10 bits per heavy atom. The fourth-order valence-electron chi connectivity index (χ4n) is 2.45. The summed E-state index contributed by atoms with van der Waals surface area (Å²) < 4.78 is 38.4. The number of nitrogens with two attached hydrogens (primary N) is 1. The molecule has 1 saturated heterocycles. The average Bonchev–Trinajstić information content (AvgIpc) is 2.37. The van der Waals surface area contributed by atoms with Crippen molar-refractivity contribution in [1.82, 2.24) is 0 Å². The molecule has 1 aromatic carbocycles. The van der Waals surface area contributed by atoms with Crippen LogP contribution >= 0.6 is 0 Å². The number of carboxylic acids is 1. The Balaban J connectivity index is 2.31. The minimum atomic E-state index is -4.26. The van der Waals surface area contributed by atoms with Gasteiger partial charge >= 0.3 is 12.1 Å². The lowest BCUT2D eigenvalue weighted by Crippen LogP contribution is -2.42. The molecule has 0 aromatic heterocycles. The normalized spacial score (nSPS) is 19.9. The van der Waals surface area contributed by atoms with Crippen LogP contribution in [0.2, 0.25) is 0 Å². The first-order chi connectivity index (χ1) is 9.29. The second-order valence-corrected chi connectivity index (χ2v) is 4.91. The monoisotopic (exact) mass is 288 g/mol. The van der Waals surface area contributed by atoms with Crippen LogP contribution in [0.5, 0.6) is 0 Å². The van der Waals surface area contributed by atoms with Gasteiger partial charge in [0.1, 0.15) is 0 Å². The molecule has 0 spiro atoms. The SMILES string of the molecule is Nc1ccc(C(=O)O)c(N2CCCC(C(F)(F)F)C2)c1. The molecule has 110 valence electrons. The summed E-state index contributed by atoms with van der Waals surface area (Å²) in [5.74, 6) is -2.60. The highest BCUT2D eigenvalue weighted by Crippen LogP contribution is 2.36. The van der Waals surface area contributed by atoms with Gasteiger partial charge in [-0.05, 0) is 31.0 Å². The number of nitrogen functional groups attached to an aromatic ring is 1. The molecule has 1 atom stereocenters. The minimum absolute atomic E-state index is 0.0259. The number of hydrogen-bond acceptors (Lipinski definition) is 3. The van der Waals surface area contributed by atoms with Gasteiger partial charge in [-0.1, -0.05) is 0 Å². The molecule has 1 heterocycles. The van der Waals surface area contributed by atoms with E-state index >= 15 is 0 Å². The van der Waals surface area contributed by atoms with Gasteiger partial charge in [0.15, 0.2) is 0 Å². The smallest absolute Gasteiger partial charge is 0.393 e. The number of piperidine rings is 1. The molecule has 20 heavy (non-hydrogen) atoms. The lowest BCUT2D eigenvalue weighted by atomic mass is 9.96. The van der Waals surface area contributed by atoms with Crippen molar-refractivity contribution in [2.75, 3.05) is 23.7 Å². The van der Waals surface area contributed by atoms with Gasteiger partial charge < -0.3 is 15.7 Å². The Morgan fingerprint density at radius 1 is 1.40 bits per heavy atom. The summed E-state index contributed by atoms with van der Waals surface area (Å²) in [6.45, 7) is 0.170. The molecule has 3 N–H and O–H groups in total. The summed E-state index contributed by atoms with van der Waals surface area (Å²) in [5.41, 5.74) is 6.18. The van der Waals surface area contributed by atoms with Crippen LogP contribution < -0.4 is 10.6 Å². The van der Waals surface area contributed by atoms with Crippen LogP contribution in [0.25, 0.3) is 0 Å². The van der Waals surface area contributed by atoms with E-state index in [1.54, 1.807) is 0 Å². The maximum Gasteiger partial charge on any atom is 0.393 e. The molecule has 0 aliphatic carbocycles. The number of aromatic carboxylic acids is 1. The van der Waals surface area contributed by atoms with Crippen molar-refractivity contribution in [3.63, 3.8) is 0 Å². The molecule has 2 rings (SSSR count). The number of nitrogens with zero attached hydrogens (tertiary/aromatic N) is 1. The first-order valence-electron chi connectivity index (χ1n) is 6.23. The van der Waals surface area contributed by atoms with E-state index in [9.17, 15) is 18.0 Å². The highest BCUT2D eigenvalue weighted by Gasteiger charge is 2.42. The number of carbonyl (C=O) groups is 1. The lowest BCUT2D eigenvalue weighted by molar-refractivity contribution is -0.175. The third-order valence-corrected chi connectivity index (χ3v) is 3.48. The second kappa shape index (κ2) is 5.22. The zero-order chi connectivity index (χ0) is 14.9. The number of hydrogen-bond donors (Lipinski definition) is 2. The van der Waals surface area contributed by atoms with Gasteiger partial charge in [0, 0.05) is 18.8 Å². The van der Waals surface area contributed by atoms with Crippen LogP contribution in [0.3, 0.4) is 0 Å². The molecule has 0 amide bonds. The van der Waals surface area contributed by atoms with Crippen LogP contribution in [0.4, 0.5) is 24.5 Å². The summed E-state index contributed by atoms with van der Waals surface area (Å²) in [7, 11) is 0. The topological polar surface area (TPSA) is 66.6 Å². The minimum Gasteiger partial charge on any atom is -0.478 e. The van der Waals surface area contributed by atoms with Crippen molar-refractivity contribution in [2.45, 2.75) is 19.0 Å². The molecule has 7 heteroatoms. The number of halogens is 3. The van der Waals surface area contributed by atoms with Gasteiger partial charge in [0.25, 0.3) is 0 Å². The molecule has 4 nitrogen and oxygen atoms in total. The average molecular weight is 288 g/mol. The van der Waals surface area contributed by atoms with E-state index in [4.69, 9.17) is 10.8 Å². The van der Waals surface area contributed by atoms with Crippen molar-refractivity contribution >= 4 is 17.3 Å². The quantitative estimate of drug-likeness (QED) is 0.821. The van der Waals surface area contributed by atoms with Crippen molar-refractivity contribution in [1.29, 1.82) is 0 Å². The Hall–Kier alpha value is -1.92. The number of alkyl halides is 3. The van der Waals surface area contributed by atoms with E-state index in [1.165, 1.54) is 23.1 Å². The predicted molar refractivity (Wildman–Crippen MR) is 68.8 cm³/mol. The van der Waals surface area contributed by atoms with Crippen LogP contribution in [0, 0.1) is 5.92 Å². The summed E-state index contributed by atoms with van der Waals surface area (Å²) in [4.78, 5) is 12.6. The van der Waals surface area contributed by atoms with Gasteiger partial charge in [-0.25, -0.2) is 4.79 Å². The first kappa shape index (κ1) is 14.5. The fraction of sp³-hybridized carbons (Fsp3) is 0.462. The molecule has 1 aliphatic rings. The van der Waals surface area contributed by atoms with E-state index in [-0.39, 0.29) is 24.2 Å². The summed E-state index contributed by atoms with van der Waals surface area (Å²) in [5, 5.41) is 9.12. The predicted octanol–water partition coefficient (Wildman–Crippen LogP) is 2.75. The summed E-state index contributed by atoms with van der Waals surface area (Å²) in [6, 6.07) is 4.17. The van der Waals surface area contributed by atoms with E-state index in [0.717, 1.165) is 0 Å². The van der Waals surface area contributed by atoms with E-state index in [0.29, 0.717) is 18.7 Å². The number of carboxylic acid groups (broad SMARTS) is 1. The lowest BCUT2D eigenvalue weighted by Gasteiger charge is -2.36. The molecule has 1 fully saturated rings. The highest BCUT2D eigenvalue weighted by molar-refractivity contribution is 5.95. The zero-order valence-corrected chi connectivity index (χ0v) is 10.7. The Bertz CT molecular complexity index is 517. The Labute approximate surface area is 114 Å². The Kier molecular flexibility index (Phi) is 3.78. The van der Waals surface area contributed by atoms with E-state index in [2.05, 4.69) is 0 Å². The molecule has 0 bridgehead atoms. The van der Waals surface area contributed by atoms with Gasteiger partial charge in [-0.2, -0.15) is 13.2 Å². The molecular formula is C13H15F3N2O2. The van der Waals surface area contributed by atoms with Crippen molar-refractivity contribution in [2.24, 2.45) is 5.92 Å². The molecule has 1 aromatic rings. The van der Waals surface area contributed by atoms with Crippen molar-refractivity contribution < 1.29 is 23.1 Å². The van der Waals surface area contributed by atoms with E-state index < -0.39 is 18.1 Å². The van der Waals surface area contributed by atoms with Crippen LogP contribution in [0.1, 0.15) is 23.2 Å². The van der Waals surface area contributed by atoms with Crippen molar-refractivity contribution in [3.05, 3.63) is 23.8 Å². The van der Waals surface area contributed by atoms with Crippen LogP contribution in [-0.2, 0) is 0 Å². The summed E-state index contributed by atoms with van der Waals surface area (Å²) in [6.07, 6.45) is -3.81. The molecule has 1 aliphatic heterocycles. The third kappa shape index (κ3) is 2.97. The number of rotatable bonds is 2. The molecule has 0 saturated carbocycles. The van der Waals surface area contributed by atoms with Gasteiger partial charge in [0.2, 0.25) is 0 Å². The number of anilines is 2. The fourth-order valence-corrected chi connectivity index (χ4v) is 2.45. The van der Waals surface area contributed by atoms with Gasteiger partial charge in [-0.3, -0.25) is 0 Å². The highest BCUT2D eigenvalue weighted by atomic mass is 19.4. The third-order valence-electron chi connectivity index (χ3n) is 3.48. The van der Waals surface area contributed by atoms with Gasteiger partial charge in [-0.15, -0.1) is 0 Å². The largest absolute Gasteiger partial charge is 0.478 e. The first-order valence-corrected chi connectivity index (χ1v) is 6.23. The second-order valence-electron chi connectivity index (χ2n) is 4.91. The maximum absolute atomic E-state index is 12.8. The maximum atomic E-state index is 12.8. The number of benzene rings is 1. The summed E-state index contributed by atoms with van der Waals surface area (Å²) >= 11 is 0. The van der Waals surface area contributed by atoms with E-state index in [1.807, 2.05) is 0 Å². The standard InChI is InChI=1S/C13H15F3N2O2/c14-13(15,16)8-2-1-5-18(7-8)11-6-9(17)3-4-10(11)12(19)20/h3-4,6,8H,1-2,5,7,17H2,(H,19,20). The Morgan fingerprint density at radius 3 is 2.70 bits per heavy atom.